The topological polar surface area (TPSA) is 88.5 Å². The molecule has 2 fully saturated rings. The molecule has 1 aromatic rings. The SMILES string of the molecule is COc1ccc(CN(CCCN2CCOCC2)C(=O)C2C3C=CC(C3)C2C(=O)O)cc1OC. The van der Waals surface area contributed by atoms with Gasteiger partial charge in [-0.1, -0.05) is 18.2 Å². The average Bonchev–Trinajstić information content (AvgIpc) is 3.45. The van der Waals surface area contributed by atoms with Crippen LogP contribution in [0, 0.1) is 23.7 Å². The van der Waals surface area contributed by atoms with Gasteiger partial charge in [-0.15, -0.1) is 0 Å². The van der Waals surface area contributed by atoms with Gasteiger partial charge >= 0.3 is 5.97 Å². The van der Waals surface area contributed by atoms with Crippen molar-refractivity contribution in [1.82, 2.24) is 9.80 Å². The van der Waals surface area contributed by atoms with Gasteiger partial charge in [0.05, 0.1) is 39.3 Å². The Hall–Kier alpha value is -2.58. The van der Waals surface area contributed by atoms with Crippen molar-refractivity contribution in [2.45, 2.75) is 19.4 Å². The first-order chi connectivity index (χ1) is 16.0. The second-order valence-corrected chi connectivity index (χ2v) is 9.09. The van der Waals surface area contributed by atoms with Crippen LogP contribution in [0.3, 0.4) is 0 Å². The van der Waals surface area contributed by atoms with Crippen LogP contribution in [-0.4, -0.2) is 80.4 Å². The first-order valence-electron chi connectivity index (χ1n) is 11.7. The summed E-state index contributed by atoms with van der Waals surface area (Å²) < 4.78 is 16.2. The Morgan fingerprint density at radius 3 is 2.45 bits per heavy atom. The predicted molar refractivity (Wildman–Crippen MR) is 122 cm³/mol. The summed E-state index contributed by atoms with van der Waals surface area (Å²) in [7, 11) is 3.18. The summed E-state index contributed by atoms with van der Waals surface area (Å²) in [6, 6.07) is 5.65. The molecule has 4 unspecified atom stereocenters. The van der Waals surface area contributed by atoms with Gasteiger partial charge in [0.1, 0.15) is 0 Å². The smallest absolute Gasteiger partial charge is 0.307 e. The summed E-state index contributed by atoms with van der Waals surface area (Å²) in [5.41, 5.74) is 0.929. The second-order valence-electron chi connectivity index (χ2n) is 9.09. The van der Waals surface area contributed by atoms with Crippen molar-refractivity contribution in [3.8, 4) is 11.5 Å². The van der Waals surface area contributed by atoms with E-state index in [0.717, 1.165) is 51.3 Å². The van der Waals surface area contributed by atoms with Gasteiger partial charge in [0.2, 0.25) is 5.91 Å². The van der Waals surface area contributed by atoms with E-state index >= 15 is 0 Å². The quantitative estimate of drug-likeness (QED) is 0.538. The van der Waals surface area contributed by atoms with Crippen molar-refractivity contribution in [2.75, 3.05) is 53.6 Å². The van der Waals surface area contributed by atoms with Crippen LogP contribution in [0.25, 0.3) is 0 Å². The van der Waals surface area contributed by atoms with Gasteiger partial charge in [-0.2, -0.15) is 0 Å². The zero-order valence-electron chi connectivity index (χ0n) is 19.4. The summed E-state index contributed by atoms with van der Waals surface area (Å²) in [6.45, 7) is 5.17. The number of fused-ring (bicyclic) bond motifs is 2. The average molecular weight is 459 g/mol. The molecule has 2 aliphatic carbocycles. The molecule has 2 bridgehead atoms. The summed E-state index contributed by atoms with van der Waals surface area (Å²) in [5, 5.41) is 9.84. The number of hydrogen-bond donors (Lipinski definition) is 1. The molecular formula is C25H34N2O6. The molecule has 1 N–H and O–H groups in total. The standard InChI is InChI=1S/C25H34N2O6/c1-31-20-7-4-17(14-21(20)32-2)16-27(9-3-8-26-10-12-33-13-11-26)24(28)22-18-5-6-19(15-18)23(22)25(29)30/h4-7,14,18-19,22-23H,3,8-13,15-16H2,1-2H3,(H,29,30). The van der Waals surface area contributed by atoms with Crippen molar-refractivity contribution < 1.29 is 28.9 Å². The Morgan fingerprint density at radius 2 is 1.79 bits per heavy atom. The predicted octanol–water partition coefficient (Wildman–Crippen LogP) is 2.28. The van der Waals surface area contributed by atoms with E-state index < -0.39 is 17.8 Å². The molecule has 33 heavy (non-hydrogen) atoms. The molecule has 0 radical (unpaired) electrons. The van der Waals surface area contributed by atoms with E-state index in [1.54, 1.807) is 14.2 Å². The lowest BCUT2D eigenvalue weighted by molar-refractivity contribution is -0.151. The number of carboxylic acid groups (broad SMARTS) is 1. The van der Waals surface area contributed by atoms with Crippen molar-refractivity contribution in [3.05, 3.63) is 35.9 Å². The van der Waals surface area contributed by atoms with Crippen molar-refractivity contribution in [1.29, 1.82) is 0 Å². The number of allylic oxidation sites excluding steroid dienone is 2. The molecule has 0 aromatic heterocycles. The van der Waals surface area contributed by atoms with Gasteiger partial charge in [0.15, 0.2) is 11.5 Å². The van der Waals surface area contributed by atoms with E-state index in [1.807, 2.05) is 35.3 Å². The molecule has 1 saturated carbocycles. The van der Waals surface area contributed by atoms with Gasteiger partial charge in [0.25, 0.3) is 0 Å². The maximum Gasteiger partial charge on any atom is 0.307 e. The molecule has 1 saturated heterocycles. The monoisotopic (exact) mass is 458 g/mol. The largest absolute Gasteiger partial charge is 0.493 e. The number of morpholine rings is 1. The summed E-state index contributed by atoms with van der Waals surface area (Å²) in [6.07, 6.45) is 5.60. The number of benzene rings is 1. The second kappa shape index (κ2) is 10.6. The number of amides is 1. The molecule has 1 amide bonds. The van der Waals surface area contributed by atoms with Gasteiger partial charge < -0.3 is 24.2 Å². The molecule has 4 atom stereocenters. The molecule has 1 heterocycles. The number of nitrogens with zero attached hydrogens (tertiary/aromatic N) is 2. The Bertz CT molecular complexity index is 882. The minimum Gasteiger partial charge on any atom is -0.493 e. The third-order valence-corrected chi connectivity index (χ3v) is 7.17. The fraction of sp³-hybridized carbons (Fsp3) is 0.600. The molecule has 1 aliphatic heterocycles. The maximum atomic E-state index is 13.8. The van der Waals surface area contributed by atoms with Crippen LogP contribution in [0.4, 0.5) is 0 Å². The highest BCUT2D eigenvalue weighted by atomic mass is 16.5. The molecule has 8 nitrogen and oxygen atoms in total. The Balaban J connectivity index is 1.51. The Morgan fingerprint density at radius 1 is 1.09 bits per heavy atom. The number of carbonyl (C=O) groups excluding carboxylic acids is 1. The van der Waals surface area contributed by atoms with E-state index in [9.17, 15) is 14.7 Å². The highest BCUT2D eigenvalue weighted by molar-refractivity contribution is 5.87. The lowest BCUT2D eigenvalue weighted by Crippen LogP contribution is -2.44. The number of methoxy groups -OCH3 is 2. The van der Waals surface area contributed by atoms with E-state index in [1.165, 1.54) is 0 Å². The first-order valence-corrected chi connectivity index (χ1v) is 11.7. The summed E-state index contributed by atoms with van der Waals surface area (Å²) in [4.78, 5) is 30.0. The molecule has 180 valence electrons. The summed E-state index contributed by atoms with van der Waals surface area (Å²) >= 11 is 0. The number of aliphatic carboxylic acids is 1. The fourth-order valence-electron chi connectivity index (χ4n) is 5.48. The van der Waals surface area contributed by atoms with Gasteiger partial charge in [-0.05, 0) is 42.4 Å². The van der Waals surface area contributed by atoms with Crippen LogP contribution in [0.5, 0.6) is 11.5 Å². The molecule has 1 aromatic carbocycles. The van der Waals surface area contributed by atoms with E-state index in [-0.39, 0.29) is 17.7 Å². The molecule has 8 heteroatoms. The normalized spacial score (nSPS) is 26.4. The van der Waals surface area contributed by atoms with Crippen molar-refractivity contribution in [2.24, 2.45) is 23.7 Å². The number of rotatable bonds is 10. The zero-order valence-corrected chi connectivity index (χ0v) is 19.4. The Labute approximate surface area is 195 Å². The Kier molecular flexibility index (Phi) is 7.55. The lowest BCUT2D eigenvalue weighted by atomic mass is 9.82. The van der Waals surface area contributed by atoms with Gasteiger partial charge in [-0.3, -0.25) is 14.5 Å². The van der Waals surface area contributed by atoms with E-state index in [4.69, 9.17) is 14.2 Å². The number of hydrogen-bond acceptors (Lipinski definition) is 6. The number of carboxylic acids is 1. The van der Waals surface area contributed by atoms with E-state index in [0.29, 0.717) is 24.6 Å². The summed E-state index contributed by atoms with van der Waals surface area (Å²) in [5.74, 6) is -0.854. The van der Waals surface area contributed by atoms with Crippen molar-refractivity contribution >= 4 is 11.9 Å². The number of ether oxygens (including phenoxy) is 3. The maximum absolute atomic E-state index is 13.8. The third kappa shape index (κ3) is 5.17. The molecular weight excluding hydrogens is 424 g/mol. The zero-order chi connectivity index (χ0) is 23.4. The molecule has 0 spiro atoms. The number of carbonyl (C=O) groups is 2. The van der Waals surface area contributed by atoms with Crippen LogP contribution in [0.1, 0.15) is 18.4 Å². The minimum atomic E-state index is -0.871. The van der Waals surface area contributed by atoms with Crippen LogP contribution in [0.2, 0.25) is 0 Å². The van der Waals surface area contributed by atoms with Crippen LogP contribution in [0.15, 0.2) is 30.4 Å². The van der Waals surface area contributed by atoms with Gasteiger partial charge in [0, 0.05) is 32.7 Å². The van der Waals surface area contributed by atoms with Crippen LogP contribution in [-0.2, 0) is 20.9 Å². The first kappa shape index (κ1) is 23.6. The highest BCUT2D eigenvalue weighted by Crippen LogP contribution is 2.49. The van der Waals surface area contributed by atoms with Crippen LogP contribution >= 0.6 is 0 Å². The lowest BCUT2D eigenvalue weighted by Gasteiger charge is -2.32. The minimum absolute atomic E-state index is 0.00995. The van der Waals surface area contributed by atoms with E-state index in [2.05, 4.69) is 4.90 Å². The van der Waals surface area contributed by atoms with Crippen molar-refractivity contribution in [3.63, 3.8) is 0 Å². The third-order valence-electron chi connectivity index (χ3n) is 7.17. The highest BCUT2D eigenvalue weighted by Gasteiger charge is 2.52. The fourth-order valence-corrected chi connectivity index (χ4v) is 5.48. The van der Waals surface area contributed by atoms with Gasteiger partial charge in [-0.25, -0.2) is 0 Å². The molecule has 4 rings (SSSR count). The van der Waals surface area contributed by atoms with Crippen LogP contribution < -0.4 is 9.47 Å². The molecule has 3 aliphatic rings.